The molecule has 0 aliphatic carbocycles. The van der Waals surface area contributed by atoms with E-state index in [9.17, 15) is 14.7 Å². The van der Waals surface area contributed by atoms with Crippen molar-refractivity contribution in [3.05, 3.63) is 46.4 Å². The Morgan fingerprint density at radius 1 is 1.41 bits per heavy atom. The Balaban J connectivity index is 1.96. The van der Waals surface area contributed by atoms with Gasteiger partial charge in [0.25, 0.3) is 5.56 Å². The van der Waals surface area contributed by atoms with Crippen molar-refractivity contribution < 1.29 is 9.90 Å². The number of phenols is 1. The van der Waals surface area contributed by atoms with Crippen molar-refractivity contribution in [3.63, 3.8) is 0 Å². The molecule has 1 heterocycles. The first-order chi connectivity index (χ1) is 10.6. The quantitative estimate of drug-likeness (QED) is 0.431. The number of aromatic hydroxyl groups is 1. The van der Waals surface area contributed by atoms with Gasteiger partial charge in [0.2, 0.25) is 5.91 Å². The number of anilines is 1. The van der Waals surface area contributed by atoms with E-state index < -0.39 is 0 Å². The van der Waals surface area contributed by atoms with E-state index in [2.05, 4.69) is 15.3 Å². The van der Waals surface area contributed by atoms with Gasteiger partial charge in [0.15, 0.2) is 5.16 Å². The average Bonchev–Trinajstić information content (AvgIpc) is 2.47. The van der Waals surface area contributed by atoms with Crippen molar-refractivity contribution in [1.82, 2.24) is 9.97 Å². The molecule has 0 bridgehead atoms. The van der Waals surface area contributed by atoms with E-state index in [0.717, 1.165) is 30.3 Å². The van der Waals surface area contributed by atoms with Crippen LogP contribution < -0.4 is 10.9 Å². The third kappa shape index (κ3) is 4.63. The first kappa shape index (κ1) is 16.1. The number of hydrogen-bond donors (Lipinski definition) is 3. The minimum atomic E-state index is -0.282. The molecule has 7 heteroatoms. The van der Waals surface area contributed by atoms with Crippen LogP contribution in [-0.4, -0.2) is 26.7 Å². The Bertz CT molecular complexity index is 715. The zero-order chi connectivity index (χ0) is 15.9. The summed E-state index contributed by atoms with van der Waals surface area (Å²) in [5.41, 5.74) is 0.853. The minimum absolute atomic E-state index is 0.0114. The molecule has 0 atom stereocenters. The number of H-pyrrole nitrogens is 1. The summed E-state index contributed by atoms with van der Waals surface area (Å²) in [6, 6.07) is 7.97. The molecule has 0 saturated heterocycles. The van der Waals surface area contributed by atoms with Gasteiger partial charge < -0.3 is 15.4 Å². The standard InChI is InChI=1S/C15H17N3O3S/c1-2-5-10-8-13(20)18-15(16-10)22-9-14(21)17-11-6-3-4-7-12(11)19/h3-4,6-8,19H,2,5,9H2,1H3,(H,17,21)(H,16,18,20). The number of aromatic amines is 1. The van der Waals surface area contributed by atoms with Crippen LogP contribution in [0.15, 0.2) is 40.3 Å². The lowest BCUT2D eigenvalue weighted by atomic mass is 10.2. The molecule has 22 heavy (non-hydrogen) atoms. The summed E-state index contributed by atoms with van der Waals surface area (Å²) in [5.74, 6) is -0.181. The average molecular weight is 319 g/mol. The van der Waals surface area contributed by atoms with Gasteiger partial charge in [-0.25, -0.2) is 4.98 Å². The predicted molar refractivity (Wildman–Crippen MR) is 86.3 cm³/mol. The summed E-state index contributed by atoms with van der Waals surface area (Å²) in [6.45, 7) is 2.01. The molecular weight excluding hydrogens is 302 g/mol. The largest absolute Gasteiger partial charge is 0.506 e. The molecule has 2 aromatic rings. The highest BCUT2D eigenvalue weighted by Gasteiger charge is 2.08. The fourth-order valence-corrected chi connectivity index (χ4v) is 2.53. The summed E-state index contributed by atoms with van der Waals surface area (Å²) >= 11 is 1.15. The van der Waals surface area contributed by atoms with Crippen LogP contribution >= 0.6 is 11.8 Å². The lowest BCUT2D eigenvalue weighted by Gasteiger charge is -2.07. The smallest absolute Gasteiger partial charge is 0.251 e. The molecular formula is C15H17N3O3S. The highest BCUT2D eigenvalue weighted by molar-refractivity contribution is 7.99. The van der Waals surface area contributed by atoms with Gasteiger partial charge in [0.05, 0.1) is 11.4 Å². The van der Waals surface area contributed by atoms with Crippen molar-refractivity contribution in [2.75, 3.05) is 11.1 Å². The van der Waals surface area contributed by atoms with Gasteiger partial charge in [-0.2, -0.15) is 0 Å². The van der Waals surface area contributed by atoms with Gasteiger partial charge in [-0.05, 0) is 18.6 Å². The van der Waals surface area contributed by atoms with Gasteiger partial charge in [0.1, 0.15) is 5.75 Å². The summed E-state index contributed by atoms with van der Waals surface area (Å²) < 4.78 is 0. The molecule has 1 amide bonds. The van der Waals surface area contributed by atoms with Crippen LogP contribution in [0.3, 0.4) is 0 Å². The number of nitrogens with zero attached hydrogens (tertiary/aromatic N) is 1. The zero-order valence-corrected chi connectivity index (χ0v) is 12.9. The molecule has 0 aliphatic rings. The minimum Gasteiger partial charge on any atom is -0.506 e. The molecule has 0 fully saturated rings. The van der Waals surface area contributed by atoms with Gasteiger partial charge >= 0.3 is 0 Å². The second kappa shape index (κ2) is 7.65. The highest BCUT2D eigenvalue weighted by Crippen LogP contribution is 2.22. The number of carbonyl (C=O) groups is 1. The van der Waals surface area contributed by atoms with Crippen LogP contribution in [-0.2, 0) is 11.2 Å². The predicted octanol–water partition coefficient (Wildman–Crippen LogP) is 2.16. The number of nitrogens with one attached hydrogen (secondary N) is 2. The van der Waals surface area contributed by atoms with E-state index >= 15 is 0 Å². The van der Waals surface area contributed by atoms with Crippen molar-refractivity contribution in [2.24, 2.45) is 0 Å². The second-order valence-corrected chi connectivity index (χ2v) is 5.61. The molecule has 6 nitrogen and oxygen atoms in total. The molecule has 3 N–H and O–H groups in total. The van der Waals surface area contributed by atoms with Crippen molar-refractivity contribution in [1.29, 1.82) is 0 Å². The van der Waals surface area contributed by atoms with E-state index in [1.54, 1.807) is 18.2 Å². The lowest BCUT2D eigenvalue weighted by Crippen LogP contribution is -2.16. The number of aromatic nitrogens is 2. The molecule has 0 radical (unpaired) electrons. The number of para-hydroxylation sites is 2. The van der Waals surface area contributed by atoms with Crippen LogP contribution in [0.5, 0.6) is 5.75 Å². The molecule has 2 rings (SSSR count). The van der Waals surface area contributed by atoms with Crippen molar-refractivity contribution in [3.8, 4) is 5.75 Å². The maximum atomic E-state index is 11.9. The maximum absolute atomic E-state index is 11.9. The number of amides is 1. The molecule has 116 valence electrons. The van der Waals surface area contributed by atoms with Gasteiger partial charge in [0, 0.05) is 11.8 Å². The van der Waals surface area contributed by atoms with Crippen LogP contribution in [0.1, 0.15) is 19.0 Å². The molecule has 0 saturated carbocycles. The highest BCUT2D eigenvalue weighted by atomic mass is 32.2. The Morgan fingerprint density at radius 3 is 2.91 bits per heavy atom. The van der Waals surface area contributed by atoms with Crippen molar-refractivity contribution in [2.45, 2.75) is 24.9 Å². The van der Waals surface area contributed by atoms with Gasteiger partial charge in [-0.3, -0.25) is 9.59 Å². The van der Waals surface area contributed by atoms with Crippen LogP contribution in [0, 0.1) is 0 Å². The van der Waals surface area contributed by atoms with E-state index in [1.165, 1.54) is 12.1 Å². The van der Waals surface area contributed by atoms with Crippen LogP contribution in [0.25, 0.3) is 0 Å². The molecule has 1 aromatic carbocycles. The van der Waals surface area contributed by atoms with E-state index in [0.29, 0.717) is 10.8 Å². The van der Waals surface area contributed by atoms with E-state index in [4.69, 9.17) is 0 Å². The molecule has 1 aromatic heterocycles. The molecule has 0 spiro atoms. The molecule has 0 unspecified atom stereocenters. The zero-order valence-electron chi connectivity index (χ0n) is 12.1. The number of phenolic OH excluding ortho intramolecular Hbond substituents is 1. The fraction of sp³-hybridized carbons (Fsp3) is 0.267. The fourth-order valence-electron chi connectivity index (χ4n) is 1.84. The number of thioether (sulfide) groups is 1. The first-order valence-electron chi connectivity index (χ1n) is 6.89. The Kier molecular flexibility index (Phi) is 5.60. The Labute approximate surface area is 132 Å². The van der Waals surface area contributed by atoms with Gasteiger partial charge in [-0.15, -0.1) is 0 Å². The summed E-state index contributed by atoms with van der Waals surface area (Å²) in [4.78, 5) is 30.3. The monoisotopic (exact) mass is 319 g/mol. The summed E-state index contributed by atoms with van der Waals surface area (Å²) in [6.07, 6.45) is 1.62. The molecule has 0 aliphatic heterocycles. The number of carbonyl (C=O) groups excluding carboxylic acids is 1. The third-order valence-electron chi connectivity index (χ3n) is 2.80. The topological polar surface area (TPSA) is 95.1 Å². The second-order valence-electron chi connectivity index (χ2n) is 4.65. The van der Waals surface area contributed by atoms with Crippen LogP contribution in [0.2, 0.25) is 0 Å². The third-order valence-corrected chi connectivity index (χ3v) is 3.67. The van der Waals surface area contributed by atoms with Crippen molar-refractivity contribution >= 4 is 23.4 Å². The number of benzene rings is 1. The Hall–Kier alpha value is -2.28. The number of aryl methyl sites for hydroxylation is 1. The van der Waals surface area contributed by atoms with E-state index in [1.807, 2.05) is 6.92 Å². The van der Waals surface area contributed by atoms with Crippen LogP contribution in [0.4, 0.5) is 5.69 Å². The van der Waals surface area contributed by atoms with E-state index in [-0.39, 0.29) is 23.0 Å². The summed E-state index contributed by atoms with van der Waals surface area (Å²) in [5, 5.41) is 12.6. The lowest BCUT2D eigenvalue weighted by molar-refractivity contribution is -0.113. The number of hydrogen-bond acceptors (Lipinski definition) is 5. The summed E-state index contributed by atoms with van der Waals surface area (Å²) in [7, 11) is 0. The Morgan fingerprint density at radius 2 is 2.18 bits per heavy atom. The number of rotatable bonds is 6. The maximum Gasteiger partial charge on any atom is 0.251 e. The normalized spacial score (nSPS) is 10.4. The SMILES string of the molecule is CCCc1cc(=O)[nH]c(SCC(=O)Nc2ccccc2O)n1. The van der Waals surface area contributed by atoms with Gasteiger partial charge in [-0.1, -0.05) is 37.2 Å². The first-order valence-corrected chi connectivity index (χ1v) is 7.88.